The van der Waals surface area contributed by atoms with Crippen LogP contribution < -0.4 is 5.73 Å². The second-order valence-electron chi connectivity index (χ2n) is 7.08. The summed E-state index contributed by atoms with van der Waals surface area (Å²) in [5.41, 5.74) is 6.47. The number of nitrogens with zero attached hydrogens (tertiary/aromatic N) is 3. The van der Waals surface area contributed by atoms with Crippen molar-refractivity contribution in [3.63, 3.8) is 0 Å². The average molecular weight is 297 g/mol. The third-order valence-electron chi connectivity index (χ3n) is 5.91. The molecular formula is C17H36N4. The highest BCUT2D eigenvalue weighted by atomic mass is 15.3. The summed E-state index contributed by atoms with van der Waals surface area (Å²) in [6.07, 6.45) is 6.46. The molecule has 2 aliphatic heterocycles. The number of hydrogen-bond donors (Lipinski definition) is 1. The molecule has 0 bridgehead atoms. The van der Waals surface area contributed by atoms with Gasteiger partial charge in [-0.15, -0.1) is 0 Å². The first-order chi connectivity index (χ1) is 10.1. The fraction of sp³-hybridized carbons (Fsp3) is 1.00. The standard InChI is InChI=1S/C17H36N4/c1-4-10-20-12-8-17(15-18,9-13-20)19(3)14-16-7-6-11-21(16)5-2/h16H,4-15,18H2,1-3H3. The highest BCUT2D eigenvalue weighted by molar-refractivity contribution is 4.97. The monoisotopic (exact) mass is 296 g/mol. The fourth-order valence-corrected chi connectivity index (χ4v) is 4.28. The van der Waals surface area contributed by atoms with Crippen LogP contribution in [-0.2, 0) is 0 Å². The van der Waals surface area contributed by atoms with E-state index in [0.29, 0.717) is 0 Å². The van der Waals surface area contributed by atoms with E-state index in [9.17, 15) is 0 Å². The molecule has 0 radical (unpaired) electrons. The molecule has 2 rings (SSSR count). The first kappa shape index (κ1) is 17.2. The van der Waals surface area contributed by atoms with Gasteiger partial charge in [-0.25, -0.2) is 0 Å². The van der Waals surface area contributed by atoms with Crippen molar-refractivity contribution in [1.82, 2.24) is 14.7 Å². The van der Waals surface area contributed by atoms with Crippen molar-refractivity contribution < 1.29 is 0 Å². The van der Waals surface area contributed by atoms with Crippen molar-refractivity contribution in [2.45, 2.75) is 57.5 Å². The van der Waals surface area contributed by atoms with Crippen LogP contribution in [0, 0.1) is 0 Å². The zero-order valence-corrected chi connectivity index (χ0v) is 14.5. The molecule has 2 aliphatic rings. The molecule has 0 saturated carbocycles. The van der Waals surface area contributed by atoms with Crippen molar-refractivity contribution in [3.05, 3.63) is 0 Å². The Hall–Kier alpha value is -0.160. The quantitative estimate of drug-likeness (QED) is 0.774. The van der Waals surface area contributed by atoms with Crippen LogP contribution in [0.2, 0.25) is 0 Å². The lowest BCUT2D eigenvalue weighted by Crippen LogP contribution is -2.60. The number of nitrogens with two attached hydrogens (primary N) is 1. The minimum atomic E-state index is 0.242. The average Bonchev–Trinajstić information content (AvgIpc) is 2.95. The van der Waals surface area contributed by atoms with Crippen LogP contribution in [0.5, 0.6) is 0 Å². The van der Waals surface area contributed by atoms with Crippen molar-refractivity contribution in [2.75, 3.05) is 52.9 Å². The maximum absolute atomic E-state index is 6.23. The number of hydrogen-bond acceptors (Lipinski definition) is 4. The van der Waals surface area contributed by atoms with Crippen LogP contribution in [0.15, 0.2) is 0 Å². The molecule has 0 aliphatic carbocycles. The topological polar surface area (TPSA) is 35.7 Å². The van der Waals surface area contributed by atoms with Crippen LogP contribution in [0.25, 0.3) is 0 Å². The maximum atomic E-state index is 6.23. The van der Waals surface area contributed by atoms with E-state index >= 15 is 0 Å². The molecule has 0 aromatic heterocycles. The molecule has 0 aromatic rings. The van der Waals surface area contributed by atoms with Crippen LogP contribution >= 0.6 is 0 Å². The van der Waals surface area contributed by atoms with Gasteiger partial charge in [-0.2, -0.15) is 0 Å². The van der Waals surface area contributed by atoms with Crippen LogP contribution in [0.4, 0.5) is 0 Å². The van der Waals surface area contributed by atoms with Crippen molar-refractivity contribution >= 4 is 0 Å². The zero-order chi connectivity index (χ0) is 15.3. The third-order valence-corrected chi connectivity index (χ3v) is 5.91. The Kier molecular flexibility index (Phi) is 6.48. The largest absolute Gasteiger partial charge is 0.329 e. The van der Waals surface area contributed by atoms with Crippen molar-refractivity contribution in [2.24, 2.45) is 5.73 Å². The van der Waals surface area contributed by atoms with Gasteiger partial charge in [-0.1, -0.05) is 13.8 Å². The van der Waals surface area contributed by atoms with E-state index in [0.717, 1.165) is 12.6 Å². The molecule has 21 heavy (non-hydrogen) atoms. The van der Waals surface area contributed by atoms with Gasteiger partial charge >= 0.3 is 0 Å². The van der Waals surface area contributed by atoms with Crippen LogP contribution in [-0.4, -0.2) is 79.1 Å². The Labute approximate surface area is 131 Å². The molecule has 0 aromatic carbocycles. The summed E-state index contributed by atoms with van der Waals surface area (Å²) in [4.78, 5) is 7.86. The summed E-state index contributed by atoms with van der Waals surface area (Å²) >= 11 is 0. The van der Waals surface area contributed by atoms with E-state index in [2.05, 4.69) is 35.6 Å². The highest BCUT2D eigenvalue weighted by Gasteiger charge is 2.38. The molecule has 0 spiro atoms. The third kappa shape index (κ3) is 3.98. The molecule has 0 amide bonds. The van der Waals surface area contributed by atoms with E-state index in [-0.39, 0.29) is 5.54 Å². The zero-order valence-electron chi connectivity index (χ0n) is 14.5. The molecule has 4 nitrogen and oxygen atoms in total. The highest BCUT2D eigenvalue weighted by Crippen LogP contribution is 2.29. The first-order valence-electron chi connectivity index (χ1n) is 9.03. The minimum absolute atomic E-state index is 0.242. The molecule has 1 unspecified atom stereocenters. The summed E-state index contributed by atoms with van der Waals surface area (Å²) in [6, 6.07) is 0.747. The molecular weight excluding hydrogens is 260 g/mol. The smallest absolute Gasteiger partial charge is 0.0353 e. The van der Waals surface area contributed by atoms with Gasteiger partial charge in [0.2, 0.25) is 0 Å². The SMILES string of the molecule is CCCN1CCC(CN)(N(C)CC2CCCN2CC)CC1. The Bertz CT molecular complexity index is 299. The van der Waals surface area contributed by atoms with Crippen LogP contribution in [0.1, 0.15) is 46.0 Å². The summed E-state index contributed by atoms with van der Waals surface area (Å²) < 4.78 is 0. The Morgan fingerprint density at radius 1 is 1.19 bits per heavy atom. The van der Waals surface area contributed by atoms with E-state index in [1.165, 1.54) is 71.4 Å². The van der Waals surface area contributed by atoms with E-state index in [1.54, 1.807) is 0 Å². The predicted octanol–water partition coefficient (Wildman–Crippen LogP) is 1.61. The van der Waals surface area contributed by atoms with E-state index < -0.39 is 0 Å². The lowest BCUT2D eigenvalue weighted by atomic mass is 9.85. The Morgan fingerprint density at radius 3 is 2.48 bits per heavy atom. The van der Waals surface area contributed by atoms with Gasteiger partial charge in [0, 0.05) is 24.7 Å². The second-order valence-corrected chi connectivity index (χ2v) is 7.08. The first-order valence-corrected chi connectivity index (χ1v) is 9.03. The number of likely N-dealkylation sites (tertiary alicyclic amines) is 2. The summed E-state index contributed by atoms with van der Waals surface area (Å²) in [5, 5.41) is 0. The van der Waals surface area contributed by atoms with Crippen molar-refractivity contribution in [3.8, 4) is 0 Å². The Morgan fingerprint density at radius 2 is 1.90 bits per heavy atom. The molecule has 2 fully saturated rings. The van der Waals surface area contributed by atoms with Gasteiger partial charge < -0.3 is 10.6 Å². The second kappa shape index (κ2) is 7.91. The maximum Gasteiger partial charge on any atom is 0.0353 e. The van der Waals surface area contributed by atoms with Gasteiger partial charge in [0.15, 0.2) is 0 Å². The Balaban J connectivity index is 1.91. The molecule has 2 N–H and O–H groups in total. The van der Waals surface area contributed by atoms with Gasteiger partial charge in [0.1, 0.15) is 0 Å². The molecule has 2 heterocycles. The summed E-state index contributed by atoms with van der Waals surface area (Å²) in [5.74, 6) is 0. The molecule has 2 saturated heterocycles. The number of likely N-dealkylation sites (N-methyl/N-ethyl adjacent to an activating group) is 2. The van der Waals surface area contributed by atoms with Gasteiger partial charge in [0.05, 0.1) is 0 Å². The van der Waals surface area contributed by atoms with Gasteiger partial charge in [-0.05, 0) is 71.9 Å². The van der Waals surface area contributed by atoms with Crippen molar-refractivity contribution in [1.29, 1.82) is 0 Å². The molecule has 124 valence electrons. The number of piperidine rings is 1. The van der Waals surface area contributed by atoms with Gasteiger partial charge in [-0.3, -0.25) is 9.80 Å². The molecule has 4 heteroatoms. The summed E-state index contributed by atoms with van der Waals surface area (Å²) in [7, 11) is 2.31. The minimum Gasteiger partial charge on any atom is -0.329 e. The summed E-state index contributed by atoms with van der Waals surface area (Å²) in [6.45, 7) is 12.7. The van der Waals surface area contributed by atoms with Gasteiger partial charge in [0.25, 0.3) is 0 Å². The van der Waals surface area contributed by atoms with E-state index in [4.69, 9.17) is 5.73 Å². The van der Waals surface area contributed by atoms with Crippen LogP contribution in [0.3, 0.4) is 0 Å². The fourth-order valence-electron chi connectivity index (χ4n) is 4.28. The lowest BCUT2D eigenvalue weighted by molar-refractivity contribution is 0.0302. The lowest BCUT2D eigenvalue weighted by Gasteiger charge is -2.48. The molecule has 1 atom stereocenters. The van der Waals surface area contributed by atoms with E-state index in [1.807, 2.05) is 0 Å². The number of rotatable bonds is 7. The predicted molar refractivity (Wildman–Crippen MR) is 90.6 cm³/mol. The normalized spacial score (nSPS) is 27.6.